The molecule has 1 aliphatic carbocycles. The van der Waals surface area contributed by atoms with Crippen molar-refractivity contribution in [2.45, 2.75) is 51.0 Å². The summed E-state index contributed by atoms with van der Waals surface area (Å²) in [7, 11) is 1.40. The number of rotatable bonds is 5. The largest absolute Gasteiger partial charge is 0.469 e. The van der Waals surface area contributed by atoms with Crippen LogP contribution in [0.2, 0.25) is 0 Å². The number of hydrogen-bond acceptors (Lipinski definition) is 5. The standard InChI is InChI=1S/C17H30N2O4.ClH/c1-17(18)8-4-3-5-14(17)15(20)19-11-13(16(21)22-2)12-6-9-23-10-7-12;/h12-14H,3-11,18H2,1-2H3,(H,19,20);1H. The average molecular weight is 363 g/mol. The summed E-state index contributed by atoms with van der Waals surface area (Å²) in [6, 6.07) is 0. The van der Waals surface area contributed by atoms with E-state index in [1.807, 2.05) is 6.92 Å². The van der Waals surface area contributed by atoms with Crippen molar-refractivity contribution in [3.05, 3.63) is 0 Å². The third kappa shape index (κ3) is 5.33. The lowest BCUT2D eigenvalue weighted by atomic mass is 9.74. The van der Waals surface area contributed by atoms with Crippen molar-refractivity contribution in [1.82, 2.24) is 5.32 Å². The second-order valence-electron chi connectivity index (χ2n) is 7.13. The van der Waals surface area contributed by atoms with Crippen LogP contribution in [0.3, 0.4) is 0 Å². The normalized spacial score (nSPS) is 29.2. The predicted molar refractivity (Wildman–Crippen MR) is 93.9 cm³/mol. The Bertz CT molecular complexity index is 425. The van der Waals surface area contributed by atoms with Crippen LogP contribution >= 0.6 is 12.4 Å². The van der Waals surface area contributed by atoms with Crippen molar-refractivity contribution in [3.63, 3.8) is 0 Å². The number of nitrogens with two attached hydrogens (primary N) is 1. The van der Waals surface area contributed by atoms with Crippen LogP contribution in [0.1, 0.15) is 45.4 Å². The molecule has 0 spiro atoms. The van der Waals surface area contributed by atoms with Crippen molar-refractivity contribution in [2.24, 2.45) is 23.5 Å². The highest BCUT2D eigenvalue weighted by atomic mass is 35.5. The van der Waals surface area contributed by atoms with Gasteiger partial charge < -0.3 is 20.5 Å². The van der Waals surface area contributed by atoms with E-state index in [0.717, 1.165) is 38.5 Å². The van der Waals surface area contributed by atoms with E-state index >= 15 is 0 Å². The highest BCUT2D eigenvalue weighted by Gasteiger charge is 2.38. The quantitative estimate of drug-likeness (QED) is 0.725. The molecule has 3 atom stereocenters. The molecule has 0 bridgehead atoms. The summed E-state index contributed by atoms with van der Waals surface area (Å²) in [5.74, 6) is -0.566. The van der Waals surface area contributed by atoms with Gasteiger partial charge in [-0.15, -0.1) is 12.4 Å². The summed E-state index contributed by atoms with van der Waals surface area (Å²) in [4.78, 5) is 24.6. The molecule has 140 valence electrons. The minimum absolute atomic E-state index is 0. The molecule has 1 saturated heterocycles. The Balaban J connectivity index is 0.00000288. The number of hydrogen-bond donors (Lipinski definition) is 2. The summed E-state index contributed by atoms with van der Waals surface area (Å²) in [6.45, 7) is 3.60. The van der Waals surface area contributed by atoms with Gasteiger partial charge in [0.1, 0.15) is 0 Å². The number of esters is 1. The zero-order chi connectivity index (χ0) is 16.9. The molecule has 1 saturated carbocycles. The fourth-order valence-corrected chi connectivity index (χ4v) is 3.83. The number of methoxy groups -OCH3 is 1. The van der Waals surface area contributed by atoms with Gasteiger partial charge in [-0.05, 0) is 38.5 Å². The summed E-state index contributed by atoms with van der Waals surface area (Å²) < 4.78 is 10.3. The van der Waals surface area contributed by atoms with E-state index in [2.05, 4.69) is 5.32 Å². The lowest BCUT2D eigenvalue weighted by molar-refractivity contribution is -0.148. The lowest BCUT2D eigenvalue weighted by Crippen LogP contribution is -2.53. The highest BCUT2D eigenvalue weighted by Crippen LogP contribution is 2.32. The van der Waals surface area contributed by atoms with Gasteiger partial charge in [0, 0.05) is 25.3 Å². The van der Waals surface area contributed by atoms with E-state index < -0.39 is 5.54 Å². The van der Waals surface area contributed by atoms with Gasteiger partial charge in [-0.2, -0.15) is 0 Å². The molecular formula is C17H31ClN2O4. The Morgan fingerprint density at radius 3 is 2.54 bits per heavy atom. The van der Waals surface area contributed by atoms with E-state index in [1.54, 1.807) is 0 Å². The number of amides is 1. The van der Waals surface area contributed by atoms with Gasteiger partial charge in [0.05, 0.1) is 18.9 Å². The van der Waals surface area contributed by atoms with Crippen LogP contribution in [-0.2, 0) is 19.1 Å². The molecule has 0 aromatic heterocycles. The molecule has 2 rings (SSSR count). The van der Waals surface area contributed by atoms with E-state index in [4.69, 9.17) is 15.2 Å². The third-order valence-electron chi connectivity index (χ3n) is 5.41. The first-order valence-corrected chi connectivity index (χ1v) is 8.68. The molecule has 24 heavy (non-hydrogen) atoms. The molecule has 0 aromatic rings. The molecule has 7 heteroatoms. The fraction of sp³-hybridized carbons (Fsp3) is 0.882. The zero-order valence-electron chi connectivity index (χ0n) is 14.7. The monoisotopic (exact) mass is 362 g/mol. The summed E-state index contributed by atoms with van der Waals surface area (Å²) in [5.41, 5.74) is 5.83. The molecule has 2 aliphatic rings. The van der Waals surface area contributed by atoms with Gasteiger partial charge in [0.25, 0.3) is 0 Å². The highest BCUT2D eigenvalue weighted by molar-refractivity contribution is 5.85. The zero-order valence-corrected chi connectivity index (χ0v) is 15.5. The first-order valence-electron chi connectivity index (χ1n) is 8.68. The van der Waals surface area contributed by atoms with Gasteiger partial charge in [-0.25, -0.2) is 0 Å². The average Bonchev–Trinajstić information content (AvgIpc) is 2.55. The van der Waals surface area contributed by atoms with Crippen molar-refractivity contribution < 1.29 is 19.1 Å². The SMILES string of the molecule is COC(=O)C(CNC(=O)C1CCCCC1(C)N)C1CCOCC1.Cl. The molecule has 0 aromatic carbocycles. The molecular weight excluding hydrogens is 332 g/mol. The van der Waals surface area contributed by atoms with Crippen molar-refractivity contribution in [1.29, 1.82) is 0 Å². The van der Waals surface area contributed by atoms with Crippen LogP contribution in [0.15, 0.2) is 0 Å². The molecule has 3 unspecified atom stereocenters. The second kappa shape index (κ2) is 9.59. The molecule has 1 amide bonds. The van der Waals surface area contributed by atoms with Crippen molar-refractivity contribution in [2.75, 3.05) is 26.9 Å². The molecule has 3 N–H and O–H groups in total. The maximum atomic E-state index is 12.5. The maximum absolute atomic E-state index is 12.5. The number of carbonyl (C=O) groups excluding carboxylic acids is 2. The Morgan fingerprint density at radius 2 is 1.96 bits per heavy atom. The van der Waals surface area contributed by atoms with Crippen molar-refractivity contribution in [3.8, 4) is 0 Å². The molecule has 0 radical (unpaired) electrons. The van der Waals surface area contributed by atoms with Gasteiger partial charge in [0.15, 0.2) is 0 Å². The first-order chi connectivity index (χ1) is 11.0. The first kappa shape index (κ1) is 21.2. The van der Waals surface area contributed by atoms with Crippen LogP contribution in [0.5, 0.6) is 0 Å². The lowest BCUT2D eigenvalue weighted by Gasteiger charge is -2.37. The minimum Gasteiger partial charge on any atom is -0.469 e. The summed E-state index contributed by atoms with van der Waals surface area (Å²) >= 11 is 0. The Hall–Kier alpha value is -0.850. The minimum atomic E-state index is -0.457. The van der Waals surface area contributed by atoms with Crippen LogP contribution < -0.4 is 11.1 Å². The Labute approximate surface area is 150 Å². The van der Waals surface area contributed by atoms with Crippen molar-refractivity contribution >= 4 is 24.3 Å². The summed E-state index contributed by atoms with van der Waals surface area (Å²) in [6.07, 6.45) is 5.45. The van der Waals surface area contributed by atoms with Crippen LogP contribution in [0, 0.1) is 17.8 Å². The second-order valence-corrected chi connectivity index (χ2v) is 7.13. The number of halogens is 1. The number of carbonyl (C=O) groups is 2. The molecule has 6 nitrogen and oxygen atoms in total. The van der Waals surface area contributed by atoms with Gasteiger partial charge in [-0.3, -0.25) is 9.59 Å². The third-order valence-corrected chi connectivity index (χ3v) is 5.41. The Morgan fingerprint density at radius 1 is 1.29 bits per heavy atom. The summed E-state index contributed by atoms with van der Waals surface area (Å²) in [5, 5.41) is 2.96. The van der Waals surface area contributed by atoms with Crippen LogP contribution in [-0.4, -0.2) is 44.3 Å². The number of ether oxygens (including phenoxy) is 2. The van der Waals surface area contributed by atoms with E-state index in [1.165, 1.54) is 7.11 Å². The van der Waals surface area contributed by atoms with E-state index in [-0.39, 0.29) is 42.0 Å². The van der Waals surface area contributed by atoms with Gasteiger partial charge >= 0.3 is 5.97 Å². The Kier molecular flexibility index (Phi) is 8.46. The van der Waals surface area contributed by atoms with Crippen LogP contribution in [0.25, 0.3) is 0 Å². The molecule has 1 heterocycles. The molecule has 2 fully saturated rings. The van der Waals surface area contributed by atoms with E-state index in [9.17, 15) is 9.59 Å². The number of nitrogens with one attached hydrogen (secondary N) is 1. The topological polar surface area (TPSA) is 90.7 Å². The van der Waals surface area contributed by atoms with Gasteiger partial charge in [-0.1, -0.05) is 12.8 Å². The van der Waals surface area contributed by atoms with Gasteiger partial charge in [0.2, 0.25) is 5.91 Å². The van der Waals surface area contributed by atoms with Crippen LogP contribution in [0.4, 0.5) is 0 Å². The molecule has 1 aliphatic heterocycles. The predicted octanol–water partition coefficient (Wildman–Crippen LogP) is 1.65. The maximum Gasteiger partial charge on any atom is 0.310 e. The smallest absolute Gasteiger partial charge is 0.310 e. The fourth-order valence-electron chi connectivity index (χ4n) is 3.83. The van der Waals surface area contributed by atoms with E-state index in [0.29, 0.717) is 19.8 Å².